The van der Waals surface area contributed by atoms with E-state index in [0.29, 0.717) is 17.9 Å². The van der Waals surface area contributed by atoms with Gasteiger partial charge in [0, 0.05) is 31.3 Å². The van der Waals surface area contributed by atoms with Crippen molar-refractivity contribution in [2.24, 2.45) is 0 Å². The summed E-state index contributed by atoms with van der Waals surface area (Å²) < 4.78 is 24.1. The quantitative estimate of drug-likeness (QED) is 0.881. The SMILES string of the molecule is CC(O)c1ccc(F)cc1OCCN1CCOCC1. The van der Waals surface area contributed by atoms with Gasteiger partial charge in [-0.2, -0.15) is 0 Å². The van der Waals surface area contributed by atoms with Crippen molar-refractivity contribution in [3.05, 3.63) is 29.6 Å². The van der Waals surface area contributed by atoms with Gasteiger partial charge in [-0.25, -0.2) is 4.39 Å². The van der Waals surface area contributed by atoms with Crippen molar-refractivity contribution in [2.45, 2.75) is 13.0 Å². The Morgan fingerprint density at radius 2 is 2.16 bits per heavy atom. The van der Waals surface area contributed by atoms with E-state index < -0.39 is 6.10 Å². The molecule has 106 valence electrons. The second-order valence-corrected chi connectivity index (χ2v) is 4.66. The number of hydrogen-bond acceptors (Lipinski definition) is 4. The summed E-state index contributed by atoms with van der Waals surface area (Å²) in [5.74, 6) is 0.0639. The highest BCUT2D eigenvalue weighted by molar-refractivity contribution is 5.35. The summed E-state index contributed by atoms with van der Waals surface area (Å²) in [4.78, 5) is 2.24. The number of halogens is 1. The minimum absolute atomic E-state index is 0.356. The van der Waals surface area contributed by atoms with E-state index in [1.807, 2.05) is 0 Å². The standard InChI is InChI=1S/C14H20FNO3/c1-11(17)13-3-2-12(15)10-14(13)19-9-6-16-4-7-18-8-5-16/h2-3,10-11,17H,4-9H2,1H3. The van der Waals surface area contributed by atoms with Gasteiger partial charge in [-0.15, -0.1) is 0 Å². The highest BCUT2D eigenvalue weighted by atomic mass is 19.1. The fraction of sp³-hybridized carbons (Fsp3) is 0.571. The molecular weight excluding hydrogens is 249 g/mol. The first-order chi connectivity index (χ1) is 9.16. The Labute approximate surface area is 112 Å². The first-order valence-corrected chi connectivity index (χ1v) is 6.57. The normalized spacial score (nSPS) is 18.3. The molecule has 1 heterocycles. The Bertz CT molecular complexity index is 406. The van der Waals surface area contributed by atoms with Gasteiger partial charge in [-0.3, -0.25) is 4.90 Å². The van der Waals surface area contributed by atoms with Gasteiger partial charge in [0.1, 0.15) is 18.2 Å². The van der Waals surface area contributed by atoms with E-state index in [-0.39, 0.29) is 5.82 Å². The van der Waals surface area contributed by atoms with E-state index >= 15 is 0 Å². The Morgan fingerprint density at radius 3 is 2.84 bits per heavy atom. The van der Waals surface area contributed by atoms with E-state index in [2.05, 4.69) is 4.90 Å². The molecule has 1 atom stereocenters. The lowest BCUT2D eigenvalue weighted by atomic mass is 10.1. The zero-order valence-electron chi connectivity index (χ0n) is 11.1. The van der Waals surface area contributed by atoms with Gasteiger partial charge < -0.3 is 14.6 Å². The molecule has 1 saturated heterocycles. The van der Waals surface area contributed by atoms with Gasteiger partial charge in [0.15, 0.2) is 0 Å². The first-order valence-electron chi connectivity index (χ1n) is 6.57. The van der Waals surface area contributed by atoms with Gasteiger partial charge in [-0.1, -0.05) is 0 Å². The molecule has 1 aliphatic heterocycles. The zero-order chi connectivity index (χ0) is 13.7. The highest BCUT2D eigenvalue weighted by Gasteiger charge is 2.13. The molecule has 0 aliphatic carbocycles. The van der Waals surface area contributed by atoms with E-state index in [0.717, 1.165) is 32.8 Å². The van der Waals surface area contributed by atoms with E-state index in [4.69, 9.17) is 9.47 Å². The summed E-state index contributed by atoms with van der Waals surface area (Å²) in [6, 6.07) is 4.21. The summed E-state index contributed by atoms with van der Waals surface area (Å²) in [6.07, 6.45) is -0.668. The second kappa shape index (κ2) is 6.84. The predicted octanol–water partition coefficient (Wildman–Crippen LogP) is 1.59. The van der Waals surface area contributed by atoms with Crippen LogP contribution in [0.25, 0.3) is 0 Å². The van der Waals surface area contributed by atoms with Crippen LogP contribution in [0.3, 0.4) is 0 Å². The Morgan fingerprint density at radius 1 is 1.42 bits per heavy atom. The minimum atomic E-state index is -0.668. The molecule has 0 bridgehead atoms. The summed E-state index contributed by atoms with van der Waals surface area (Å²) in [6.45, 7) is 6.19. The largest absolute Gasteiger partial charge is 0.492 e. The smallest absolute Gasteiger partial charge is 0.128 e. The van der Waals surface area contributed by atoms with Crippen LogP contribution >= 0.6 is 0 Å². The predicted molar refractivity (Wildman–Crippen MR) is 69.8 cm³/mol. The number of hydrogen-bond donors (Lipinski definition) is 1. The molecule has 1 aromatic rings. The lowest BCUT2D eigenvalue weighted by Gasteiger charge is -2.26. The lowest BCUT2D eigenvalue weighted by Crippen LogP contribution is -2.38. The topological polar surface area (TPSA) is 41.9 Å². The fourth-order valence-corrected chi connectivity index (χ4v) is 2.09. The second-order valence-electron chi connectivity index (χ2n) is 4.66. The van der Waals surface area contributed by atoms with Gasteiger partial charge in [-0.05, 0) is 19.1 Å². The van der Waals surface area contributed by atoms with Gasteiger partial charge in [0.25, 0.3) is 0 Å². The van der Waals surface area contributed by atoms with E-state index in [9.17, 15) is 9.50 Å². The molecule has 1 unspecified atom stereocenters. The summed E-state index contributed by atoms with van der Waals surface area (Å²) in [5.41, 5.74) is 0.614. The van der Waals surface area contributed by atoms with Crippen LogP contribution in [0.1, 0.15) is 18.6 Å². The maximum Gasteiger partial charge on any atom is 0.128 e. The maximum absolute atomic E-state index is 13.2. The van der Waals surface area contributed by atoms with Gasteiger partial charge in [0.2, 0.25) is 0 Å². The summed E-state index contributed by atoms with van der Waals surface area (Å²) >= 11 is 0. The zero-order valence-corrected chi connectivity index (χ0v) is 11.1. The minimum Gasteiger partial charge on any atom is -0.492 e. The van der Waals surface area contributed by atoms with Crippen molar-refractivity contribution >= 4 is 0 Å². The molecule has 0 amide bonds. The first kappa shape index (κ1) is 14.2. The molecule has 1 aliphatic rings. The van der Waals surface area contributed by atoms with E-state index in [1.54, 1.807) is 13.0 Å². The van der Waals surface area contributed by atoms with Crippen molar-refractivity contribution in [1.29, 1.82) is 0 Å². The molecule has 5 heteroatoms. The third-order valence-electron chi connectivity index (χ3n) is 3.19. The van der Waals surface area contributed by atoms with Crippen LogP contribution in [-0.4, -0.2) is 49.5 Å². The molecule has 4 nitrogen and oxygen atoms in total. The third kappa shape index (κ3) is 4.16. The van der Waals surface area contributed by atoms with E-state index in [1.165, 1.54) is 12.1 Å². The Hall–Kier alpha value is -1.17. The molecule has 1 N–H and O–H groups in total. The molecule has 19 heavy (non-hydrogen) atoms. The molecule has 0 spiro atoms. The number of benzene rings is 1. The molecule has 0 radical (unpaired) electrons. The average Bonchev–Trinajstić information content (AvgIpc) is 2.39. The summed E-state index contributed by atoms with van der Waals surface area (Å²) in [5, 5.41) is 9.61. The number of rotatable bonds is 5. The number of morpholine rings is 1. The molecule has 1 fully saturated rings. The Balaban J connectivity index is 1.89. The fourth-order valence-electron chi connectivity index (χ4n) is 2.09. The van der Waals surface area contributed by atoms with Crippen LogP contribution in [0.4, 0.5) is 4.39 Å². The van der Waals surface area contributed by atoms with Crippen LogP contribution in [0.15, 0.2) is 18.2 Å². The molecule has 2 rings (SSSR count). The van der Waals surface area contributed by atoms with Crippen molar-refractivity contribution in [1.82, 2.24) is 4.90 Å². The van der Waals surface area contributed by atoms with Crippen LogP contribution < -0.4 is 4.74 Å². The number of aliphatic hydroxyl groups excluding tert-OH is 1. The van der Waals surface area contributed by atoms with Crippen LogP contribution in [0.2, 0.25) is 0 Å². The molecule has 1 aromatic carbocycles. The summed E-state index contributed by atoms with van der Waals surface area (Å²) in [7, 11) is 0. The van der Waals surface area contributed by atoms with Crippen molar-refractivity contribution in [3.8, 4) is 5.75 Å². The lowest BCUT2D eigenvalue weighted by molar-refractivity contribution is 0.0320. The van der Waals surface area contributed by atoms with Crippen molar-refractivity contribution in [3.63, 3.8) is 0 Å². The van der Waals surface area contributed by atoms with Crippen LogP contribution in [0.5, 0.6) is 5.75 Å². The number of ether oxygens (including phenoxy) is 2. The molecule has 0 saturated carbocycles. The van der Waals surface area contributed by atoms with Gasteiger partial charge in [0.05, 0.1) is 19.3 Å². The number of nitrogens with zero attached hydrogens (tertiary/aromatic N) is 1. The average molecular weight is 269 g/mol. The van der Waals surface area contributed by atoms with Gasteiger partial charge >= 0.3 is 0 Å². The monoisotopic (exact) mass is 269 g/mol. The number of aliphatic hydroxyl groups is 1. The maximum atomic E-state index is 13.2. The van der Waals surface area contributed by atoms with Crippen molar-refractivity contribution in [2.75, 3.05) is 39.5 Å². The Kier molecular flexibility index (Phi) is 5.13. The third-order valence-corrected chi connectivity index (χ3v) is 3.19. The van der Waals surface area contributed by atoms with Crippen LogP contribution in [0, 0.1) is 5.82 Å². The highest BCUT2D eigenvalue weighted by Crippen LogP contribution is 2.25. The van der Waals surface area contributed by atoms with Crippen LogP contribution in [-0.2, 0) is 4.74 Å². The van der Waals surface area contributed by atoms with Crippen molar-refractivity contribution < 1.29 is 19.0 Å². The molecule has 0 aromatic heterocycles. The molecular formula is C14H20FNO3.